The van der Waals surface area contributed by atoms with Crippen molar-refractivity contribution in [3.8, 4) is 0 Å². The maximum atomic E-state index is 12.5. The predicted molar refractivity (Wildman–Crippen MR) is 71.0 cm³/mol. The van der Waals surface area contributed by atoms with Crippen LogP contribution in [-0.4, -0.2) is 5.91 Å². The van der Waals surface area contributed by atoms with E-state index in [1.807, 2.05) is 0 Å². The van der Waals surface area contributed by atoms with Crippen LogP contribution in [-0.2, 0) is 17.5 Å². The molecule has 1 N–H and O–H groups in total. The Kier molecular flexibility index (Phi) is 4.47. The monoisotopic (exact) mass is 295 g/mol. The number of rotatable bonds is 4. The van der Waals surface area contributed by atoms with Crippen LogP contribution in [0, 0.1) is 0 Å². The molecule has 2 aromatic rings. The van der Waals surface area contributed by atoms with Crippen LogP contribution in [0.25, 0.3) is 6.08 Å². The van der Waals surface area contributed by atoms with Crippen molar-refractivity contribution in [3.63, 3.8) is 0 Å². The van der Waals surface area contributed by atoms with Crippen molar-refractivity contribution in [2.24, 2.45) is 0 Å². The molecule has 0 aliphatic heterocycles. The average Bonchev–Trinajstić information content (AvgIpc) is 2.95. The highest BCUT2D eigenvalue weighted by Crippen LogP contribution is 2.29. The van der Waals surface area contributed by atoms with E-state index < -0.39 is 17.6 Å². The van der Waals surface area contributed by atoms with E-state index in [4.69, 9.17) is 4.42 Å². The first-order valence-electron chi connectivity index (χ1n) is 6.11. The number of carbonyl (C=O) groups is 1. The number of hydrogen-bond donors (Lipinski definition) is 1. The molecule has 0 saturated heterocycles. The molecule has 0 atom stereocenters. The molecular weight excluding hydrogens is 283 g/mol. The van der Waals surface area contributed by atoms with Gasteiger partial charge in [0.15, 0.2) is 0 Å². The van der Waals surface area contributed by atoms with Crippen LogP contribution in [0.1, 0.15) is 16.9 Å². The first-order valence-corrected chi connectivity index (χ1v) is 6.11. The lowest BCUT2D eigenvalue weighted by Crippen LogP contribution is -2.20. The summed E-state index contributed by atoms with van der Waals surface area (Å²) in [6.07, 6.45) is -0.187. The quantitative estimate of drug-likeness (QED) is 0.875. The highest BCUT2D eigenvalue weighted by atomic mass is 19.4. The summed E-state index contributed by atoms with van der Waals surface area (Å²) in [5.41, 5.74) is -0.357. The lowest BCUT2D eigenvalue weighted by atomic mass is 10.1. The predicted octanol–water partition coefficient (Wildman–Crippen LogP) is 3.63. The van der Waals surface area contributed by atoms with Gasteiger partial charge in [-0.05, 0) is 35.9 Å². The molecule has 0 aliphatic rings. The molecule has 1 heterocycles. The van der Waals surface area contributed by atoms with Gasteiger partial charge in [0.05, 0.1) is 11.8 Å². The van der Waals surface area contributed by atoms with Gasteiger partial charge in [0.1, 0.15) is 5.76 Å². The summed E-state index contributed by atoms with van der Waals surface area (Å²) in [4.78, 5) is 11.5. The van der Waals surface area contributed by atoms with Gasteiger partial charge in [-0.25, -0.2) is 0 Å². The molecule has 110 valence electrons. The van der Waals surface area contributed by atoms with Crippen molar-refractivity contribution in [2.45, 2.75) is 12.7 Å². The van der Waals surface area contributed by atoms with Gasteiger partial charge in [-0.15, -0.1) is 0 Å². The minimum atomic E-state index is -4.39. The number of halogens is 3. The smallest absolute Gasteiger partial charge is 0.416 e. The molecule has 3 nitrogen and oxygen atoms in total. The van der Waals surface area contributed by atoms with E-state index in [2.05, 4.69) is 5.32 Å². The Morgan fingerprint density at radius 3 is 2.71 bits per heavy atom. The normalized spacial score (nSPS) is 11.8. The Morgan fingerprint density at radius 1 is 1.24 bits per heavy atom. The van der Waals surface area contributed by atoms with Crippen molar-refractivity contribution in [2.75, 3.05) is 0 Å². The van der Waals surface area contributed by atoms with E-state index in [1.165, 1.54) is 30.5 Å². The van der Waals surface area contributed by atoms with Crippen molar-refractivity contribution in [1.29, 1.82) is 0 Å². The number of alkyl halides is 3. The van der Waals surface area contributed by atoms with Crippen molar-refractivity contribution in [3.05, 3.63) is 65.6 Å². The van der Waals surface area contributed by atoms with E-state index in [-0.39, 0.29) is 6.54 Å². The molecule has 1 amide bonds. The Hall–Kier alpha value is -2.50. The van der Waals surface area contributed by atoms with Crippen LogP contribution in [0.5, 0.6) is 0 Å². The molecule has 6 heteroatoms. The molecule has 0 fully saturated rings. The van der Waals surface area contributed by atoms with E-state index in [1.54, 1.807) is 12.1 Å². The Bertz CT molecular complexity index is 631. The van der Waals surface area contributed by atoms with E-state index in [0.717, 1.165) is 12.1 Å². The molecule has 21 heavy (non-hydrogen) atoms. The summed E-state index contributed by atoms with van der Waals surface area (Å²) < 4.78 is 42.6. The van der Waals surface area contributed by atoms with Gasteiger partial charge in [0, 0.05) is 12.6 Å². The van der Waals surface area contributed by atoms with Gasteiger partial charge in [-0.2, -0.15) is 13.2 Å². The summed E-state index contributed by atoms with van der Waals surface area (Å²) in [5, 5.41) is 2.51. The fourth-order valence-corrected chi connectivity index (χ4v) is 1.65. The first kappa shape index (κ1) is 14.9. The number of amides is 1. The van der Waals surface area contributed by atoms with Gasteiger partial charge in [-0.1, -0.05) is 12.1 Å². The van der Waals surface area contributed by atoms with Crippen LogP contribution in [0.4, 0.5) is 13.2 Å². The molecular formula is C15H12F3NO2. The molecule has 0 bridgehead atoms. The highest BCUT2D eigenvalue weighted by molar-refractivity contribution is 5.91. The van der Waals surface area contributed by atoms with Gasteiger partial charge in [0.25, 0.3) is 0 Å². The largest absolute Gasteiger partial charge is 0.465 e. The SMILES string of the molecule is O=C(C=Cc1ccco1)NCc1cccc(C(F)(F)F)c1. The Balaban J connectivity index is 1.92. The van der Waals surface area contributed by atoms with Crippen molar-refractivity contribution in [1.82, 2.24) is 5.32 Å². The second kappa shape index (κ2) is 6.30. The molecule has 0 spiro atoms. The van der Waals surface area contributed by atoms with E-state index in [9.17, 15) is 18.0 Å². The zero-order chi connectivity index (χ0) is 15.3. The number of benzene rings is 1. The zero-order valence-electron chi connectivity index (χ0n) is 10.9. The molecule has 0 aliphatic carbocycles. The maximum absolute atomic E-state index is 12.5. The third-order valence-electron chi connectivity index (χ3n) is 2.66. The minimum Gasteiger partial charge on any atom is -0.465 e. The van der Waals surface area contributed by atoms with Gasteiger partial charge in [-0.3, -0.25) is 4.79 Å². The topological polar surface area (TPSA) is 42.2 Å². The van der Waals surface area contributed by atoms with E-state index in [0.29, 0.717) is 11.3 Å². The molecule has 0 saturated carbocycles. The molecule has 0 radical (unpaired) electrons. The second-order valence-corrected chi connectivity index (χ2v) is 4.26. The highest BCUT2D eigenvalue weighted by Gasteiger charge is 2.30. The summed E-state index contributed by atoms with van der Waals surface area (Å²) in [7, 11) is 0. The van der Waals surface area contributed by atoms with Gasteiger partial charge >= 0.3 is 6.18 Å². The van der Waals surface area contributed by atoms with Crippen LogP contribution in [0.2, 0.25) is 0 Å². The lowest BCUT2D eigenvalue weighted by Gasteiger charge is -2.08. The summed E-state index contributed by atoms with van der Waals surface area (Å²) in [5.74, 6) is 0.105. The van der Waals surface area contributed by atoms with Crippen molar-refractivity contribution >= 4 is 12.0 Å². The number of nitrogens with one attached hydrogen (secondary N) is 1. The molecule has 0 unspecified atom stereocenters. The van der Waals surface area contributed by atoms with E-state index >= 15 is 0 Å². The second-order valence-electron chi connectivity index (χ2n) is 4.26. The van der Waals surface area contributed by atoms with Crippen LogP contribution in [0.3, 0.4) is 0 Å². The van der Waals surface area contributed by atoms with Crippen LogP contribution < -0.4 is 5.32 Å². The zero-order valence-corrected chi connectivity index (χ0v) is 10.9. The average molecular weight is 295 g/mol. The number of carbonyl (C=O) groups excluding carboxylic acids is 1. The van der Waals surface area contributed by atoms with Crippen LogP contribution >= 0.6 is 0 Å². The number of hydrogen-bond acceptors (Lipinski definition) is 2. The first-order chi connectivity index (χ1) is 9.95. The van der Waals surface area contributed by atoms with Gasteiger partial charge < -0.3 is 9.73 Å². The minimum absolute atomic E-state index is 0.0191. The fraction of sp³-hybridized carbons (Fsp3) is 0.133. The Morgan fingerprint density at radius 2 is 2.05 bits per heavy atom. The Labute approximate surface area is 119 Å². The third kappa shape index (κ3) is 4.52. The number of furan rings is 1. The lowest BCUT2D eigenvalue weighted by molar-refractivity contribution is -0.137. The standard InChI is InChI=1S/C15H12F3NO2/c16-15(17,18)12-4-1-3-11(9-12)10-19-14(20)7-6-13-5-2-8-21-13/h1-9H,10H2,(H,19,20). The molecule has 1 aromatic heterocycles. The summed E-state index contributed by atoms with van der Waals surface area (Å²) in [6, 6.07) is 8.18. The maximum Gasteiger partial charge on any atom is 0.416 e. The van der Waals surface area contributed by atoms with Gasteiger partial charge in [0.2, 0.25) is 5.91 Å². The third-order valence-corrected chi connectivity index (χ3v) is 2.66. The van der Waals surface area contributed by atoms with Crippen molar-refractivity contribution < 1.29 is 22.4 Å². The summed E-state index contributed by atoms with van der Waals surface area (Å²) >= 11 is 0. The van der Waals surface area contributed by atoms with Crippen LogP contribution in [0.15, 0.2) is 53.2 Å². The summed E-state index contributed by atoms with van der Waals surface area (Å²) in [6.45, 7) is 0.0191. The molecule has 1 aromatic carbocycles. The fourth-order valence-electron chi connectivity index (χ4n) is 1.65. The molecule has 2 rings (SSSR count).